The Bertz CT molecular complexity index is 1100. The van der Waals surface area contributed by atoms with E-state index in [1.54, 1.807) is 16.7 Å². The smallest absolute Gasteiger partial charge is 0.258 e. The van der Waals surface area contributed by atoms with Crippen molar-refractivity contribution in [2.45, 2.75) is 13.1 Å². The van der Waals surface area contributed by atoms with Crippen LogP contribution in [0, 0.1) is 0 Å². The molecule has 4 rings (SSSR count). The lowest BCUT2D eigenvalue weighted by Gasteiger charge is -2.11. The van der Waals surface area contributed by atoms with Crippen molar-refractivity contribution in [3.63, 3.8) is 0 Å². The number of rotatable bonds is 5. The highest BCUT2D eigenvalue weighted by molar-refractivity contribution is 7.15. The van der Waals surface area contributed by atoms with Gasteiger partial charge in [-0.25, -0.2) is 4.98 Å². The van der Waals surface area contributed by atoms with E-state index in [2.05, 4.69) is 12.0 Å². The fourth-order valence-corrected chi connectivity index (χ4v) is 3.75. The summed E-state index contributed by atoms with van der Waals surface area (Å²) in [4.78, 5) is 18.5. The van der Waals surface area contributed by atoms with E-state index in [1.807, 2.05) is 41.8 Å². The number of thiazole rings is 1. The predicted molar refractivity (Wildman–Crippen MR) is 103 cm³/mol. The number of hydrogen-bond donors (Lipinski definition) is 1. The van der Waals surface area contributed by atoms with Gasteiger partial charge in [0.05, 0.1) is 7.05 Å². The van der Waals surface area contributed by atoms with Gasteiger partial charge in [-0.05, 0) is 36.4 Å². The van der Waals surface area contributed by atoms with Gasteiger partial charge in [0.15, 0.2) is 10.7 Å². The summed E-state index contributed by atoms with van der Waals surface area (Å²) in [6.07, 6.45) is 1.75. The Balaban J connectivity index is 1.46. The molecular formula is C19H17ClN3O2S+. The fourth-order valence-electron chi connectivity index (χ4n) is 2.89. The van der Waals surface area contributed by atoms with Crippen LogP contribution >= 0.6 is 22.9 Å². The van der Waals surface area contributed by atoms with Crippen LogP contribution in [-0.2, 0) is 13.1 Å². The third-order valence-electron chi connectivity index (χ3n) is 4.11. The van der Waals surface area contributed by atoms with Crippen LogP contribution in [-0.4, -0.2) is 16.4 Å². The topological polar surface area (TPSA) is 52.0 Å². The lowest BCUT2D eigenvalue weighted by molar-refractivity contribution is -0.909. The third kappa shape index (κ3) is 3.58. The van der Waals surface area contributed by atoms with E-state index in [0.717, 1.165) is 27.7 Å². The largest absolute Gasteiger partial charge is 0.455 e. The molecule has 1 atom stereocenters. The van der Waals surface area contributed by atoms with Crippen molar-refractivity contribution in [3.05, 3.63) is 80.9 Å². The fraction of sp³-hybridized carbons (Fsp3) is 0.158. The average molecular weight is 387 g/mol. The number of nitrogens with zero attached hydrogens (tertiary/aromatic N) is 2. The van der Waals surface area contributed by atoms with E-state index >= 15 is 0 Å². The first-order chi connectivity index (χ1) is 12.6. The van der Waals surface area contributed by atoms with Crippen molar-refractivity contribution < 1.29 is 9.32 Å². The molecule has 3 heterocycles. The minimum Gasteiger partial charge on any atom is -0.455 e. The van der Waals surface area contributed by atoms with E-state index in [4.69, 9.17) is 16.0 Å². The lowest BCUT2D eigenvalue weighted by Crippen LogP contribution is -3.06. The molecule has 132 valence electrons. The van der Waals surface area contributed by atoms with Crippen molar-refractivity contribution in [2.75, 3.05) is 7.05 Å². The molecule has 0 aliphatic rings. The van der Waals surface area contributed by atoms with Gasteiger partial charge in [-0.1, -0.05) is 11.6 Å². The molecule has 0 saturated heterocycles. The second-order valence-electron chi connectivity index (χ2n) is 6.22. The molecule has 0 fully saturated rings. The number of nitrogens with one attached hydrogen (secondary N) is 1. The van der Waals surface area contributed by atoms with Gasteiger partial charge in [-0.2, -0.15) is 0 Å². The van der Waals surface area contributed by atoms with Crippen molar-refractivity contribution in [1.29, 1.82) is 0 Å². The van der Waals surface area contributed by atoms with Gasteiger partial charge >= 0.3 is 0 Å². The summed E-state index contributed by atoms with van der Waals surface area (Å²) in [5, 5.41) is 2.57. The number of fused-ring (bicyclic) bond motifs is 1. The average Bonchev–Trinajstić information content (AvgIpc) is 3.25. The lowest BCUT2D eigenvalue weighted by atomic mass is 10.2. The van der Waals surface area contributed by atoms with Crippen LogP contribution in [0.5, 0.6) is 0 Å². The maximum absolute atomic E-state index is 12.1. The minimum absolute atomic E-state index is 0.0397. The number of hydrogen-bond acceptors (Lipinski definition) is 4. The summed E-state index contributed by atoms with van der Waals surface area (Å²) >= 11 is 7.39. The van der Waals surface area contributed by atoms with Gasteiger partial charge in [-0.15, -0.1) is 11.3 Å². The third-order valence-corrected chi connectivity index (χ3v) is 5.11. The maximum Gasteiger partial charge on any atom is 0.258 e. The van der Waals surface area contributed by atoms with Gasteiger partial charge in [0, 0.05) is 28.2 Å². The maximum atomic E-state index is 12.1. The first-order valence-electron chi connectivity index (χ1n) is 8.20. The highest BCUT2D eigenvalue weighted by Crippen LogP contribution is 2.23. The predicted octanol–water partition coefficient (Wildman–Crippen LogP) is 2.88. The van der Waals surface area contributed by atoms with Crippen LogP contribution in [0.3, 0.4) is 0 Å². The summed E-state index contributed by atoms with van der Waals surface area (Å²) in [6.45, 7) is 1.36. The highest BCUT2D eigenvalue weighted by atomic mass is 35.5. The van der Waals surface area contributed by atoms with Gasteiger partial charge in [-0.3, -0.25) is 9.20 Å². The molecule has 26 heavy (non-hydrogen) atoms. The van der Waals surface area contributed by atoms with Crippen molar-refractivity contribution in [3.8, 4) is 11.3 Å². The molecule has 1 N–H and O–H groups in total. The van der Waals surface area contributed by atoms with E-state index < -0.39 is 0 Å². The van der Waals surface area contributed by atoms with Gasteiger partial charge < -0.3 is 9.32 Å². The molecule has 0 aliphatic heterocycles. The Morgan fingerprint density at radius 2 is 2.00 bits per heavy atom. The van der Waals surface area contributed by atoms with Crippen LogP contribution in [0.1, 0.15) is 11.5 Å². The monoisotopic (exact) mass is 386 g/mol. The molecule has 0 radical (unpaired) electrons. The molecule has 3 aromatic heterocycles. The van der Waals surface area contributed by atoms with E-state index in [-0.39, 0.29) is 5.56 Å². The summed E-state index contributed by atoms with van der Waals surface area (Å²) in [5.41, 5.74) is 1.75. The van der Waals surface area contributed by atoms with Crippen LogP contribution in [0.25, 0.3) is 16.3 Å². The molecule has 7 heteroatoms. The Kier molecular flexibility index (Phi) is 4.63. The Hall–Kier alpha value is -2.41. The molecule has 0 aliphatic carbocycles. The zero-order valence-corrected chi connectivity index (χ0v) is 15.7. The quantitative estimate of drug-likeness (QED) is 0.573. The van der Waals surface area contributed by atoms with Crippen LogP contribution in [0.4, 0.5) is 0 Å². The number of benzene rings is 1. The second kappa shape index (κ2) is 7.07. The summed E-state index contributed by atoms with van der Waals surface area (Å²) in [5.74, 6) is 1.71. The van der Waals surface area contributed by atoms with Crippen LogP contribution in [0.2, 0.25) is 5.02 Å². The molecule has 0 spiro atoms. The summed E-state index contributed by atoms with van der Waals surface area (Å²) in [6, 6.07) is 13.1. The van der Waals surface area contributed by atoms with Crippen molar-refractivity contribution in [2.24, 2.45) is 0 Å². The highest BCUT2D eigenvalue weighted by Gasteiger charge is 2.12. The summed E-state index contributed by atoms with van der Waals surface area (Å²) in [7, 11) is 2.06. The molecule has 1 aromatic carbocycles. The van der Waals surface area contributed by atoms with Crippen molar-refractivity contribution >= 4 is 27.9 Å². The first-order valence-corrected chi connectivity index (χ1v) is 9.46. The van der Waals surface area contributed by atoms with Crippen LogP contribution < -0.4 is 10.5 Å². The number of aromatic nitrogens is 2. The molecule has 0 bridgehead atoms. The SMILES string of the molecule is C[NH+](Cc1cc(=O)n2ccsc2n1)Cc1ccc(-c2ccc(Cl)cc2)o1. The molecule has 0 amide bonds. The molecule has 1 unspecified atom stereocenters. The minimum atomic E-state index is -0.0397. The number of quaternary nitrogens is 1. The Morgan fingerprint density at radius 3 is 2.81 bits per heavy atom. The van der Waals surface area contributed by atoms with E-state index in [9.17, 15) is 4.79 Å². The molecule has 4 aromatic rings. The van der Waals surface area contributed by atoms with Crippen LogP contribution in [0.15, 0.2) is 63.3 Å². The molecule has 5 nitrogen and oxygen atoms in total. The molecule has 0 saturated carbocycles. The Morgan fingerprint density at radius 1 is 1.19 bits per heavy atom. The van der Waals surface area contributed by atoms with Gasteiger partial charge in [0.1, 0.15) is 24.5 Å². The van der Waals surface area contributed by atoms with Gasteiger partial charge in [0.25, 0.3) is 5.56 Å². The molecular weight excluding hydrogens is 370 g/mol. The van der Waals surface area contributed by atoms with E-state index in [0.29, 0.717) is 18.1 Å². The zero-order valence-electron chi connectivity index (χ0n) is 14.1. The van der Waals surface area contributed by atoms with Gasteiger partial charge in [0.2, 0.25) is 0 Å². The second-order valence-corrected chi connectivity index (χ2v) is 7.53. The Labute approximate surface area is 159 Å². The zero-order chi connectivity index (χ0) is 18.1. The number of furan rings is 1. The van der Waals surface area contributed by atoms with Crippen molar-refractivity contribution in [1.82, 2.24) is 9.38 Å². The normalized spacial score (nSPS) is 12.5. The standard InChI is InChI=1S/C19H16ClN3O2S/c1-22(11-15-10-18(24)23-8-9-26-19(23)21-15)12-16-6-7-17(25-16)13-2-4-14(20)5-3-13/h2-10H,11-12H2,1H3/p+1. The first kappa shape index (κ1) is 17.0. The summed E-state index contributed by atoms with van der Waals surface area (Å²) < 4.78 is 7.52. The number of halogens is 1. The van der Waals surface area contributed by atoms with E-state index in [1.165, 1.54) is 16.2 Å².